The van der Waals surface area contributed by atoms with Gasteiger partial charge in [-0.15, -0.1) is 0 Å². The quantitative estimate of drug-likeness (QED) is 0.203. The fraction of sp³-hybridized carbons (Fsp3) is 0.350. The molecule has 4 aromatic rings. The van der Waals surface area contributed by atoms with Gasteiger partial charge in [0.1, 0.15) is 5.75 Å². The Labute approximate surface area is 281 Å². The number of aliphatic hydroxyl groups is 1. The number of aldehydes is 1. The largest absolute Gasteiger partial charge is 0.508 e. The van der Waals surface area contributed by atoms with Gasteiger partial charge in [0.25, 0.3) is 0 Å². The summed E-state index contributed by atoms with van der Waals surface area (Å²) in [6, 6.07) is 30.6. The molecule has 8 heteroatoms. The lowest BCUT2D eigenvalue weighted by Crippen LogP contribution is -2.55. The van der Waals surface area contributed by atoms with E-state index in [0.29, 0.717) is 50.4 Å². The van der Waals surface area contributed by atoms with Crippen LogP contribution in [0.4, 0.5) is 11.4 Å². The first-order valence-electron chi connectivity index (χ1n) is 17.0. The fourth-order valence-corrected chi connectivity index (χ4v) is 8.13. The minimum Gasteiger partial charge on any atom is -0.508 e. The number of benzene rings is 4. The number of phenols is 1. The Kier molecular flexibility index (Phi) is 8.94. The highest BCUT2D eigenvalue weighted by molar-refractivity contribution is 5.98. The number of carbonyl (C=O) groups is 2. The summed E-state index contributed by atoms with van der Waals surface area (Å²) in [6.45, 7) is 5.46. The van der Waals surface area contributed by atoms with E-state index in [-0.39, 0.29) is 17.0 Å². The minimum absolute atomic E-state index is 0.00550. The van der Waals surface area contributed by atoms with Gasteiger partial charge >= 0.3 is 5.97 Å². The van der Waals surface area contributed by atoms with E-state index >= 15 is 0 Å². The zero-order valence-electron chi connectivity index (χ0n) is 27.2. The zero-order chi connectivity index (χ0) is 33.3. The van der Waals surface area contributed by atoms with E-state index in [1.54, 1.807) is 12.1 Å². The number of hydrogen-bond donors (Lipinski definition) is 3. The number of piperazine rings is 1. The minimum atomic E-state index is -1.11. The normalized spacial score (nSPS) is 21.0. The molecule has 8 nitrogen and oxygen atoms in total. The third-order valence-corrected chi connectivity index (χ3v) is 10.8. The number of rotatable bonds is 8. The Morgan fingerprint density at radius 1 is 0.792 bits per heavy atom. The second-order valence-corrected chi connectivity index (χ2v) is 13.7. The molecule has 0 amide bonds. The summed E-state index contributed by atoms with van der Waals surface area (Å²) in [6.07, 6.45) is 3.81. The van der Waals surface area contributed by atoms with E-state index in [1.165, 1.54) is 34.0 Å². The first-order chi connectivity index (χ1) is 23.3. The number of aryl methyl sites for hydroxylation is 1. The molecular formula is C40H43N3O5. The standard InChI is InChI=1S/C40H43N3O5/c44-26-31-24-33(11-14-37(31)39(46)47)42-18-16-40(48,17-19-42)27-41-20-22-43(23-21-41)32-9-6-29(7-10-32)38-35(28-4-2-1-3-5-28)13-8-30-25-34(45)12-15-36(30)38/h1-7,9-12,14-15,24-26,35,38,45,48H,8,13,16-23,27H2,(H,46,47)/t35-,38+/m1/s1. The third kappa shape index (κ3) is 6.55. The van der Waals surface area contributed by atoms with Gasteiger partial charge in [-0.2, -0.15) is 0 Å². The summed E-state index contributed by atoms with van der Waals surface area (Å²) < 4.78 is 0. The van der Waals surface area contributed by atoms with Crippen LogP contribution in [0.25, 0.3) is 0 Å². The van der Waals surface area contributed by atoms with Crippen LogP contribution < -0.4 is 9.80 Å². The average Bonchev–Trinajstić information content (AvgIpc) is 3.11. The number of fused-ring (bicyclic) bond motifs is 1. The molecule has 0 spiro atoms. The highest BCUT2D eigenvalue weighted by Crippen LogP contribution is 2.47. The number of nitrogens with zero attached hydrogens (tertiary/aromatic N) is 3. The smallest absolute Gasteiger partial charge is 0.336 e. The molecule has 2 atom stereocenters. The molecule has 2 fully saturated rings. The number of carbonyl (C=O) groups excluding carboxylic acids is 1. The number of piperidine rings is 1. The molecule has 4 aromatic carbocycles. The molecule has 0 unspecified atom stereocenters. The van der Waals surface area contributed by atoms with E-state index in [4.69, 9.17) is 0 Å². The van der Waals surface area contributed by atoms with E-state index in [1.807, 2.05) is 12.1 Å². The number of β-amino-alcohol motifs (C(OH)–C–C–N with tert-alkyl or cyclic N) is 1. The van der Waals surface area contributed by atoms with E-state index in [9.17, 15) is 24.9 Å². The van der Waals surface area contributed by atoms with Crippen LogP contribution in [-0.4, -0.2) is 83.9 Å². The molecule has 2 saturated heterocycles. The van der Waals surface area contributed by atoms with Gasteiger partial charge in [0.05, 0.1) is 11.2 Å². The van der Waals surface area contributed by atoms with Crippen LogP contribution in [0.1, 0.15) is 74.1 Å². The number of anilines is 2. The second-order valence-electron chi connectivity index (χ2n) is 13.7. The van der Waals surface area contributed by atoms with Crippen LogP contribution in [0, 0.1) is 0 Å². The number of carboxylic acid groups (broad SMARTS) is 1. The summed E-state index contributed by atoms with van der Waals surface area (Å²) in [4.78, 5) is 29.8. The topological polar surface area (TPSA) is 105 Å². The van der Waals surface area contributed by atoms with Crippen molar-refractivity contribution in [1.29, 1.82) is 0 Å². The predicted octanol–water partition coefficient (Wildman–Crippen LogP) is 5.92. The lowest BCUT2D eigenvalue weighted by molar-refractivity contribution is -0.0173. The van der Waals surface area contributed by atoms with Crippen molar-refractivity contribution in [3.8, 4) is 5.75 Å². The monoisotopic (exact) mass is 645 g/mol. The van der Waals surface area contributed by atoms with Crippen molar-refractivity contribution >= 4 is 23.6 Å². The summed E-state index contributed by atoms with van der Waals surface area (Å²) >= 11 is 0. The van der Waals surface area contributed by atoms with Crippen LogP contribution in [0.5, 0.6) is 5.75 Å². The molecule has 2 heterocycles. The van der Waals surface area contributed by atoms with E-state index < -0.39 is 11.6 Å². The van der Waals surface area contributed by atoms with Gasteiger partial charge < -0.3 is 25.1 Å². The maximum absolute atomic E-state index is 11.5. The molecule has 0 saturated carbocycles. The average molecular weight is 646 g/mol. The third-order valence-electron chi connectivity index (χ3n) is 10.8. The Bertz CT molecular complexity index is 1760. The molecule has 3 aliphatic rings. The molecule has 248 valence electrons. The Morgan fingerprint density at radius 2 is 1.48 bits per heavy atom. The molecule has 2 aliphatic heterocycles. The fourth-order valence-electron chi connectivity index (χ4n) is 8.13. The second kappa shape index (κ2) is 13.5. The van der Waals surface area contributed by atoms with Gasteiger partial charge in [0.15, 0.2) is 6.29 Å². The van der Waals surface area contributed by atoms with Crippen LogP contribution in [0.2, 0.25) is 0 Å². The molecule has 0 radical (unpaired) electrons. The maximum Gasteiger partial charge on any atom is 0.336 e. The van der Waals surface area contributed by atoms with Crippen molar-refractivity contribution in [3.63, 3.8) is 0 Å². The van der Waals surface area contributed by atoms with Gasteiger partial charge in [0, 0.05) is 68.7 Å². The van der Waals surface area contributed by atoms with Crippen molar-refractivity contribution in [2.45, 2.75) is 43.1 Å². The van der Waals surface area contributed by atoms with Crippen molar-refractivity contribution in [3.05, 3.63) is 124 Å². The number of carboxylic acids is 1. The highest BCUT2D eigenvalue weighted by Gasteiger charge is 2.36. The molecule has 1 aliphatic carbocycles. The molecule has 0 aromatic heterocycles. The van der Waals surface area contributed by atoms with Crippen LogP contribution in [0.15, 0.2) is 91.0 Å². The number of aromatic carboxylic acids is 1. The van der Waals surface area contributed by atoms with Crippen LogP contribution >= 0.6 is 0 Å². The molecule has 48 heavy (non-hydrogen) atoms. The summed E-state index contributed by atoms with van der Waals surface area (Å²) in [5.41, 5.74) is 6.62. The summed E-state index contributed by atoms with van der Waals surface area (Å²) in [5, 5.41) is 31.0. The summed E-state index contributed by atoms with van der Waals surface area (Å²) in [7, 11) is 0. The maximum atomic E-state index is 11.5. The Hall–Kier alpha value is -4.66. The Morgan fingerprint density at radius 3 is 2.17 bits per heavy atom. The van der Waals surface area contributed by atoms with Gasteiger partial charge in [-0.3, -0.25) is 9.69 Å². The highest BCUT2D eigenvalue weighted by atomic mass is 16.4. The summed E-state index contributed by atoms with van der Waals surface area (Å²) in [5.74, 6) is -0.178. The van der Waals surface area contributed by atoms with Gasteiger partial charge in [-0.05, 0) is 96.3 Å². The lowest BCUT2D eigenvalue weighted by atomic mass is 9.69. The first-order valence-corrected chi connectivity index (χ1v) is 17.0. The van der Waals surface area contributed by atoms with Crippen molar-refractivity contribution < 1.29 is 24.9 Å². The molecule has 3 N–H and O–H groups in total. The van der Waals surface area contributed by atoms with Gasteiger partial charge in [0.2, 0.25) is 0 Å². The SMILES string of the molecule is O=Cc1cc(N2CCC(O)(CN3CCN(c4ccc([C@@H]5c6ccc(O)cc6CC[C@@H]5c5ccccc5)cc4)CC3)CC2)ccc1C(=O)O. The van der Waals surface area contributed by atoms with Crippen LogP contribution in [0.3, 0.4) is 0 Å². The van der Waals surface area contributed by atoms with Crippen molar-refractivity contribution in [2.75, 3.05) is 55.6 Å². The number of hydrogen-bond acceptors (Lipinski definition) is 7. The molecule has 7 rings (SSSR count). The van der Waals surface area contributed by atoms with Gasteiger partial charge in [-0.1, -0.05) is 48.5 Å². The first kappa shape index (κ1) is 31.9. The van der Waals surface area contributed by atoms with Crippen LogP contribution in [-0.2, 0) is 6.42 Å². The number of phenolic OH excluding ortho intramolecular Hbond substituents is 1. The predicted molar refractivity (Wildman–Crippen MR) is 188 cm³/mol. The van der Waals surface area contributed by atoms with Crippen molar-refractivity contribution in [2.24, 2.45) is 0 Å². The zero-order valence-corrected chi connectivity index (χ0v) is 27.2. The molecule has 0 bridgehead atoms. The lowest BCUT2D eigenvalue weighted by Gasteiger charge is -2.44. The Balaban J connectivity index is 0.970. The molecular weight excluding hydrogens is 602 g/mol. The van der Waals surface area contributed by atoms with Crippen molar-refractivity contribution in [1.82, 2.24) is 4.90 Å². The van der Waals surface area contributed by atoms with Gasteiger partial charge in [-0.25, -0.2) is 4.79 Å². The van der Waals surface area contributed by atoms with E-state index in [2.05, 4.69) is 75.4 Å². The van der Waals surface area contributed by atoms with E-state index in [0.717, 1.165) is 44.7 Å². The number of aromatic hydroxyl groups is 1.